The molecule has 0 aromatic carbocycles. The number of halogens is 1. The lowest BCUT2D eigenvalue weighted by atomic mass is 9.89. The van der Waals surface area contributed by atoms with Gasteiger partial charge in [0.05, 0.1) is 108 Å². The predicted molar refractivity (Wildman–Crippen MR) is 530 cm³/mol. The van der Waals surface area contributed by atoms with Crippen LogP contribution in [-0.4, -0.2) is 256 Å². The maximum atomic E-state index is 12.6. The van der Waals surface area contributed by atoms with Crippen LogP contribution in [0.1, 0.15) is 103 Å². The van der Waals surface area contributed by atoms with Crippen molar-refractivity contribution in [1.82, 2.24) is 80.9 Å². The molecule has 1 amide bonds. The smallest absolute Gasteiger partial charge is 0.410 e. The van der Waals surface area contributed by atoms with E-state index in [-0.39, 0.29) is 55.6 Å². The summed E-state index contributed by atoms with van der Waals surface area (Å²) in [5.74, 6) is 0. The van der Waals surface area contributed by atoms with Gasteiger partial charge in [-0.05, 0) is 137 Å². The van der Waals surface area contributed by atoms with E-state index in [2.05, 4.69) is 106 Å². The zero-order chi connectivity index (χ0) is 102. The maximum Gasteiger partial charge on any atom is 0.410 e. The van der Waals surface area contributed by atoms with Crippen LogP contribution in [0.4, 0.5) is 21.9 Å². The molecule has 0 spiro atoms. The van der Waals surface area contributed by atoms with Crippen molar-refractivity contribution in [1.29, 1.82) is 26.3 Å². The lowest BCUT2D eigenvalue weighted by molar-refractivity contribution is 0.0214. The summed E-state index contributed by atoms with van der Waals surface area (Å²) in [7, 11) is -13.7. The van der Waals surface area contributed by atoms with Gasteiger partial charge in [-0.3, -0.25) is 19.4 Å². The predicted octanol–water partition coefficient (Wildman–Crippen LogP) is 15.0. The Kier molecular flexibility index (Phi) is 37.3. The van der Waals surface area contributed by atoms with Gasteiger partial charge in [-0.15, -0.1) is 0 Å². The van der Waals surface area contributed by atoms with E-state index >= 15 is 0 Å². The summed E-state index contributed by atoms with van der Waals surface area (Å²) in [5, 5.41) is 59.9. The van der Waals surface area contributed by atoms with Gasteiger partial charge in [0, 0.05) is 229 Å². The highest BCUT2D eigenvalue weighted by atomic mass is 35.7. The minimum atomic E-state index is -3.42. The molecule has 9 aromatic heterocycles. The van der Waals surface area contributed by atoms with Crippen molar-refractivity contribution in [2.75, 3.05) is 78.7 Å². The summed E-state index contributed by atoms with van der Waals surface area (Å²) in [5.41, 5.74) is 9.01. The minimum absolute atomic E-state index is 0.130. The van der Waals surface area contributed by atoms with E-state index in [4.69, 9.17) is 60.4 Å². The van der Waals surface area contributed by atoms with Gasteiger partial charge in [-0.2, -0.15) is 58.8 Å². The Balaban J connectivity index is 0.000000207. The van der Waals surface area contributed by atoms with Crippen molar-refractivity contribution < 1.29 is 61.1 Å². The molecule has 2 N–H and O–H groups in total. The Hall–Kier alpha value is -11.7. The number of nitrogens with zero attached hydrogens (tertiary/aromatic N) is 23. The third-order valence-corrected chi connectivity index (χ3v) is 36.5. The number of aromatic nitrogens is 12. The first-order valence-corrected chi connectivity index (χ1v) is 59.5. The largest absolute Gasteiger partial charge is 0.444 e. The van der Waals surface area contributed by atoms with E-state index in [0.29, 0.717) is 93.3 Å². The van der Waals surface area contributed by atoms with Gasteiger partial charge >= 0.3 is 6.09 Å². The second-order valence-corrected chi connectivity index (χ2v) is 62.3. The number of rotatable bonds is 26. The number of likely N-dealkylation sites (tertiary alicyclic amines) is 1. The molecule has 0 atom stereocenters. The fourth-order valence-corrected chi connectivity index (χ4v) is 20.8. The summed E-state index contributed by atoms with van der Waals surface area (Å²) < 4.78 is 146. The van der Waals surface area contributed by atoms with Gasteiger partial charge in [-0.25, -0.2) is 71.4 Å². The maximum absolute atomic E-state index is 12.6. The molecule has 5 aliphatic rings. The van der Waals surface area contributed by atoms with Crippen LogP contribution in [0.25, 0.3) is 81.0 Å². The zero-order valence-electron chi connectivity index (χ0n) is 80.4. The number of aromatic amines is 2. The average Bonchev–Trinajstić information content (AvgIpc) is 1.72. The molecule has 137 heavy (non-hydrogen) atoms. The Morgan fingerprint density at radius 1 is 0.518 bits per heavy atom. The highest BCUT2D eigenvalue weighted by Crippen LogP contribution is 2.44. The van der Waals surface area contributed by atoms with Crippen LogP contribution in [-0.2, 0) is 87.9 Å². The molecular weight excluding hydrogens is 1910 g/mol. The van der Waals surface area contributed by atoms with Crippen LogP contribution in [0.5, 0.6) is 0 Å². The molecule has 0 saturated carbocycles. The molecule has 39 nitrogen and oxygen atoms in total. The number of amides is 1. The van der Waals surface area contributed by atoms with Crippen LogP contribution in [0, 0.1) is 76.4 Å². The zero-order valence-corrected chi connectivity index (χ0v) is 87.3. The van der Waals surface area contributed by atoms with E-state index < -0.39 is 97.7 Å². The molecule has 5 fully saturated rings. The molecule has 0 bridgehead atoms. The van der Waals surface area contributed by atoms with Crippen LogP contribution >= 0.6 is 10.7 Å². The molecule has 14 heterocycles. The molecule has 14 rings (SSSR count). The van der Waals surface area contributed by atoms with E-state index in [9.17, 15) is 57.4 Å². The monoisotopic (exact) mass is 2020 g/mol. The number of H-pyrrole nitrogens is 2. The highest BCUT2D eigenvalue weighted by molar-refractivity contribution is 8.14. The number of carbonyl (C=O) groups is 1. The second kappa shape index (κ2) is 46.2. The van der Waals surface area contributed by atoms with Crippen LogP contribution in [0.3, 0.4) is 0 Å². The fraction of sp³-hybridized carbons (Fsp3) is 0.500. The third kappa shape index (κ3) is 27.9. The van der Waals surface area contributed by atoms with Crippen molar-refractivity contribution in [3.63, 3.8) is 0 Å². The van der Waals surface area contributed by atoms with Crippen molar-refractivity contribution in [3.05, 3.63) is 162 Å². The quantitative estimate of drug-likeness (QED) is 0.0167. The van der Waals surface area contributed by atoms with Gasteiger partial charge in [-0.1, -0.05) is 39.3 Å². The van der Waals surface area contributed by atoms with Crippen molar-refractivity contribution in [3.8, 4) is 63.7 Å². The summed E-state index contributed by atoms with van der Waals surface area (Å²) in [4.78, 5) is 40.1. The van der Waals surface area contributed by atoms with Crippen molar-refractivity contribution in [2.45, 2.75) is 211 Å². The normalized spacial score (nSPS) is 15.5. The number of fused-ring (bicyclic) bond motifs is 3. The average molecular weight is 2030 g/mol. The van der Waals surface area contributed by atoms with E-state index in [0.717, 1.165) is 85.0 Å². The Morgan fingerprint density at radius 3 is 1.20 bits per heavy atom. The molecule has 0 radical (unpaired) electrons. The number of allylic oxidation sites excluding steroid dienone is 3. The summed E-state index contributed by atoms with van der Waals surface area (Å²) >= 11 is 0. The van der Waals surface area contributed by atoms with Gasteiger partial charge in [0.25, 0.3) is 0 Å². The van der Waals surface area contributed by atoms with Crippen molar-refractivity contribution in [2.24, 2.45) is 0 Å². The number of nitriles is 5. The highest BCUT2D eigenvalue weighted by Gasteiger charge is 2.53. The first-order chi connectivity index (χ1) is 64.1. The molecule has 47 heteroatoms. The topological polar surface area (TPSA) is 492 Å². The third-order valence-electron chi connectivity index (χ3n) is 22.3. The molecule has 732 valence electrons. The van der Waals surface area contributed by atoms with Gasteiger partial charge in [0.2, 0.25) is 66.2 Å². The van der Waals surface area contributed by atoms with E-state index in [1.807, 2.05) is 84.9 Å². The summed E-state index contributed by atoms with van der Waals surface area (Å²) in [6, 6.07) is 18.1. The number of carbonyl (C=O) groups excluding carboxylic acids is 1. The molecule has 5 aliphatic heterocycles. The van der Waals surface area contributed by atoms with Crippen LogP contribution < -0.4 is 0 Å². The number of hydrogen-bond acceptors (Lipinski definition) is 25. The fourth-order valence-electron chi connectivity index (χ4n) is 13.9. The first kappa shape index (κ1) is 111. The van der Waals surface area contributed by atoms with Crippen LogP contribution in [0.15, 0.2) is 128 Å². The first-order valence-electron chi connectivity index (χ1n) is 43.7. The number of hydrogen-bond donors (Lipinski definition) is 2. The Morgan fingerprint density at radius 2 is 0.876 bits per heavy atom. The molecule has 9 aromatic rings. The summed E-state index contributed by atoms with van der Waals surface area (Å²) in [6.07, 6.45) is 25.0. The van der Waals surface area contributed by atoms with Crippen LogP contribution in [0.2, 0.25) is 51.4 Å². The minimum Gasteiger partial charge on any atom is -0.444 e. The van der Waals surface area contributed by atoms with Crippen molar-refractivity contribution >= 4 is 132 Å². The number of nitrogens with one attached hydrogen (secondary N) is 2. The second-order valence-electron chi connectivity index (χ2n) is 37.9. The summed E-state index contributed by atoms with van der Waals surface area (Å²) in [6.45, 7) is 63.9. The Labute approximate surface area is 809 Å². The van der Waals surface area contributed by atoms with Gasteiger partial charge < -0.3 is 33.2 Å². The lowest BCUT2D eigenvalue weighted by Gasteiger charge is -2.48. The lowest BCUT2D eigenvalue weighted by Crippen LogP contribution is -2.65. The van der Waals surface area contributed by atoms with Gasteiger partial charge in [0.1, 0.15) is 47.1 Å². The SMILES string of the molecule is CC(C)(C)OC(=O)N1CC(=CC#N)C1.CC(C)S(=O)(=O)Cl.CC(C)S(=O)(=O)N1CC(=CC#N)C1.CC(C)S(=O)(=O)N1CC(=CC#N)C1.[C-]#[N+]c1cnc2[nH]ccc2c1-c1cnn(C2(CC#N)CN(S(=O)(=O)C(C)C)C2)c1.[C-]#[N+]c1cnc2c(ccn2COCC[Si](C)(C)C)c1-c1cn[nH]c1.[C-]#[N+]c1cnc2c(ccn2COCC[Si](C)(C)C)c1-c1cnn(C2(CC#N)CN(S(=O)(=O)C(C)C)C2)c1. The molecule has 0 unspecified atom stereocenters. The number of sulfonamides is 4. The molecular formula is C90H118ClN25O14S5Si2. The van der Waals surface area contributed by atoms with Gasteiger partial charge in [0.15, 0.2) is 0 Å². The standard InChI is InChI=1S/C25H33N7O3SSi.C19H19N7O2S.C17H21N5OSi.C10H14N2O2.2C8H12N2O2S.C3H7ClO2S/c1-19(2)36(33,34)31-16-25(17-31,8-9-26)32-15-20(13-29-32)23-21-7-10-30(18-35-11-12-37(4,5)6)24(21)28-14-22(23)27-3;1-13(2)29(27,28)25-11-19(12-25,5-6-20)26-10-14(8-24-26)17-15-4-7-22-18(15)23-9-16(17)21-3;1-18-15-11-19-17-14(16(15)13-9-20-21-10-13)5-6-22(17)12-23-7-8-24(2,3)4;1-10(2,3)14-9(13)12-6-8(7-12)4-5-11;2*1-7(2)13(11,12)10-5-8(6-10)3-4-9;1-3(2)7(4,5)6/h7,10,13-15,19H,8,11-12,16-18H2,1-2,4-6H3;4,7-10,13H,5,11-12H2,1-2H3,(H,22,23);5-6,9-11H,7-8,12H2,2-4H3,(H,20,21);4H,6-7H2,1-3H3;2*3,7H,5-6H2,1-2H3;3H,1-2H3. The number of pyridine rings is 3. The van der Waals surface area contributed by atoms with E-state index in [1.165, 1.54) is 55.5 Å². The Bertz CT molecular complexity index is 6810. The number of ether oxygens (including phenoxy) is 3. The van der Waals surface area contributed by atoms with E-state index in [1.54, 1.807) is 119 Å². The molecule has 0 aliphatic carbocycles. The molecule has 5 saturated heterocycles.